The summed E-state index contributed by atoms with van der Waals surface area (Å²) in [4.78, 5) is 2.55. The monoisotopic (exact) mass is 276 g/mol. The third-order valence-corrected chi connectivity index (χ3v) is 4.32. The lowest BCUT2D eigenvalue weighted by atomic mass is 9.96. The number of nitrogens with one attached hydrogen (secondary N) is 1. The topological polar surface area (TPSA) is 24.5 Å². The molecule has 112 valence electrons. The van der Waals surface area contributed by atoms with Crippen molar-refractivity contribution in [3.8, 4) is 0 Å². The Morgan fingerprint density at radius 2 is 1.90 bits per heavy atom. The highest BCUT2D eigenvalue weighted by Crippen LogP contribution is 2.16. The van der Waals surface area contributed by atoms with Gasteiger partial charge in [-0.15, -0.1) is 0 Å². The molecule has 2 rings (SSSR count). The van der Waals surface area contributed by atoms with E-state index in [1.165, 1.54) is 43.6 Å². The molecule has 1 heterocycles. The molecule has 0 unspecified atom stereocenters. The van der Waals surface area contributed by atoms with Crippen LogP contribution in [0, 0.1) is 5.92 Å². The van der Waals surface area contributed by atoms with Gasteiger partial charge in [-0.3, -0.25) is 0 Å². The van der Waals surface area contributed by atoms with Gasteiger partial charge in [-0.1, -0.05) is 31.2 Å². The molecular weight excluding hydrogens is 248 g/mol. The van der Waals surface area contributed by atoms with Crippen molar-refractivity contribution in [2.24, 2.45) is 5.92 Å². The molecule has 1 aliphatic rings. The van der Waals surface area contributed by atoms with E-state index in [0.29, 0.717) is 6.61 Å². The summed E-state index contributed by atoms with van der Waals surface area (Å²) in [5, 5.41) is 3.63. The van der Waals surface area contributed by atoms with Gasteiger partial charge < -0.3 is 15.0 Å². The molecule has 3 nitrogen and oxygen atoms in total. The summed E-state index contributed by atoms with van der Waals surface area (Å²) in [6, 6.07) is 8.54. The molecule has 0 bridgehead atoms. The number of hydrogen-bond donors (Lipinski definition) is 1. The van der Waals surface area contributed by atoms with Crippen LogP contribution >= 0.6 is 0 Å². The van der Waals surface area contributed by atoms with Crippen LogP contribution in [0.5, 0.6) is 0 Å². The third-order valence-electron chi connectivity index (χ3n) is 4.32. The number of piperidine rings is 1. The van der Waals surface area contributed by atoms with Crippen LogP contribution in [0.3, 0.4) is 0 Å². The van der Waals surface area contributed by atoms with Crippen LogP contribution in [0.25, 0.3) is 0 Å². The van der Waals surface area contributed by atoms with Crippen molar-refractivity contribution in [2.75, 3.05) is 33.3 Å². The maximum absolute atomic E-state index is 5.26. The fourth-order valence-corrected chi connectivity index (χ4v) is 2.94. The van der Waals surface area contributed by atoms with E-state index in [-0.39, 0.29) is 0 Å². The predicted molar refractivity (Wildman–Crippen MR) is 83.7 cm³/mol. The molecule has 0 spiro atoms. The van der Waals surface area contributed by atoms with Crippen LogP contribution in [-0.2, 0) is 17.9 Å². The summed E-state index contributed by atoms with van der Waals surface area (Å²) in [6.45, 7) is 8.78. The highest BCUT2D eigenvalue weighted by Gasteiger charge is 2.17. The fourth-order valence-electron chi connectivity index (χ4n) is 2.94. The van der Waals surface area contributed by atoms with Crippen molar-refractivity contribution >= 4 is 0 Å². The van der Waals surface area contributed by atoms with Gasteiger partial charge in [0.1, 0.15) is 0 Å². The van der Waals surface area contributed by atoms with Crippen molar-refractivity contribution in [2.45, 2.75) is 32.9 Å². The predicted octanol–water partition coefficient (Wildman–Crippen LogP) is 2.65. The minimum Gasteiger partial charge on any atom is -0.380 e. The van der Waals surface area contributed by atoms with Crippen LogP contribution in [0.15, 0.2) is 24.3 Å². The average Bonchev–Trinajstić information content (AvgIpc) is 2.50. The fraction of sp³-hybridized carbons (Fsp3) is 0.647. The van der Waals surface area contributed by atoms with Crippen molar-refractivity contribution in [1.29, 1.82) is 0 Å². The van der Waals surface area contributed by atoms with E-state index in [1.54, 1.807) is 7.11 Å². The maximum atomic E-state index is 5.26. The molecule has 1 aromatic carbocycles. The zero-order valence-corrected chi connectivity index (χ0v) is 12.9. The van der Waals surface area contributed by atoms with Gasteiger partial charge in [0.25, 0.3) is 0 Å². The Morgan fingerprint density at radius 1 is 1.20 bits per heavy atom. The van der Waals surface area contributed by atoms with E-state index in [1.807, 2.05) is 0 Å². The summed E-state index contributed by atoms with van der Waals surface area (Å²) in [6.07, 6.45) is 2.67. The molecule has 0 aliphatic carbocycles. The first-order chi connectivity index (χ1) is 9.83. The Bertz CT molecular complexity index is 386. The van der Waals surface area contributed by atoms with E-state index >= 15 is 0 Å². The molecule has 1 saturated heterocycles. The summed E-state index contributed by atoms with van der Waals surface area (Å²) in [5.41, 5.74) is 2.66. The number of methoxy groups -OCH3 is 1. The van der Waals surface area contributed by atoms with Gasteiger partial charge in [-0.2, -0.15) is 0 Å². The Balaban J connectivity index is 1.73. The lowest BCUT2D eigenvalue weighted by Crippen LogP contribution is -2.37. The van der Waals surface area contributed by atoms with Gasteiger partial charge in [0.05, 0.1) is 6.61 Å². The maximum Gasteiger partial charge on any atom is 0.0716 e. The van der Waals surface area contributed by atoms with Crippen molar-refractivity contribution in [1.82, 2.24) is 10.2 Å². The Morgan fingerprint density at radius 3 is 2.55 bits per heavy atom. The van der Waals surface area contributed by atoms with Gasteiger partial charge in [0, 0.05) is 13.7 Å². The lowest BCUT2D eigenvalue weighted by Gasteiger charge is -2.31. The summed E-state index contributed by atoms with van der Waals surface area (Å²) >= 11 is 0. The van der Waals surface area contributed by atoms with Crippen LogP contribution in [-0.4, -0.2) is 38.2 Å². The molecule has 3 heteroatoms. The van der Waals surface area contributed by atoms with Crippen molar-refractivity contribution in [3.63, 3.8) is 0 Å². The molecule has 0 atom stereocenters. The molecule has 0 saturated carbocycles. The van der Waals surface area contributed by atoms with Crippen LogP contribution in [0.2, 0.25) is 0 Å². The Hall–Kier alpha value is -0.900. The quantitative estimate of drug-likeness (QED) is 0.828. The second kappa shape index (κ2) is 8.40. The standard InChI is InChI=1S/C17H28N2O/c1-3-19-10-8-15(9-11-19)12-18-13-16-6-4-5-7-17(16)14-20-2/h4-7,15,18H,3,8-14H2,1-2H3. The highest BCUT2D eigenvalue weighted by molar-refractivity contribution is 5.26. The number of ether oxygens (including phenoxy) is 1. The average molecular weight is 276 g/mol. The SMILES string of the molecule is CCN1CCC(CNCc2ccccc2COC)CC1. The van der Waals surface area contributed by atoms with E-state index in [2.05, 4.69) is 41.4 Å². The smallest absolute Gasteiger partial charge is 0.0716 e. The molecule has 1 aliphatic heterocycles. The first-order valence-corrected chi connectivity index (χ1v) is 7.82. The summed E-state index contributed by atoms with van der Waals surface area (Å²) < 4.78 is 5.26. The van der Waals surface area contributed by atoms with E-state index < -0.39 is 0 Å². The first-order valence-electron chi connectivity index (χ1n) is 7.82. The number of hydrogen-bond acceptors (Lipinski definition) is 3. The van der Waals surface area contributed by atoms with E-state index in [0.717, 1.165) is 19.0 Å². The molecule has 1 aromatic rings. The molecule has 0 aromatic heterocycles. The minimum absolute atomic E-state index is 0.701. The zero-order valence-electron chi connectivity index (χ0n) is 12.9. The second-order valence-corrected chi connectivity index (χ2v) is 5.71. The summed E-state index contributed by atoms with van der Waals surface area (Å²) in [7, 11) is 1.76. The number of rotatable bonds is 7. The number of benzene rings is 1. The van der Waals surface area contributed by atoms with Gasteiger partial charge in [-0.05, 0) is 56.1 Å². The molecule has 1 N–H and O–H groups in total. The van der Waals surface area contributed by atoms with Crippen molar-refractivity contribution < 1.29 is 4.74 Å². The Labute approximate surface area is 123 Å². The minimum atomic E-state index is 0.701. The molecule has 0 amide bonds. The molecule has 20 heavy (non-hydrogen) atoms. The van der Waals surface area contributed by atoms with E-state index in [4.69, 9.17) is 4.74 Å². The van der Waals surface area contributed by atoms with Crippen molar-refractivity contribution in [3.05, 3.63) is 35.4 Å². The first kappa shape index (κ1) is 15.5. The van der Waals surface area contributed by atoms with Gasteiger partial charge >= 0.3 is 0 Å². The molecule has 0 radical (unpaired) electrons. The summed E-state index contributed by atoms with van der Waals surface area (Å²) in [5.74, 6) is 0.840. The lowest BCUT2D eigenvalue weighted by molar-refractivity contribution is 0.183. The normalized spacial score (nSPS) is 17.5. The zero-order chi connectivity index (χ0) is 14.2. The highest BCUT2D eigenvalue weighted by atomic mass is 16.5. The largest absolute Gasteiger partial charge is 0.380 e. The second-order valence-electron chi connectivity index (χ2n) is 5.71. The van der Waals surface area contributed by atoms with E-state index in [9.17, 15) is 0 Å². The van der Waals surface area contributed by atoms with Gasteiger partial charge in [-0.25, -0.2) is 0 Å². The van der Waals surface area contributed by atoms with Crippen LogP contribution in [0.1, 0.15) is 30.9 Å². The van der Waals surface area contributed by atoms with Gasteiger partial charge in [0.15, 0.2) is 0 Å². The van der Waals surface area contributed by atoms with Gasteiger partial charge in [0.2, 0.25) is 0 Å². The van der Waals surface area contributed by atoms with Crippen LogP contribution < -0.4 is 5.32 Å². The Kier molecular flexibility index (Phi) is 6.51. The number of nitrogens with zero attached hydrogens (tertiary/aromatic N) is 1. The molecule has 1 fully saturated rings. The van der Waals surface area contributed by atoms with Crippen LogP contribution in [0.4, 0.5) is 0 Å². The third kappa shape index (κ3) is 4.58. The number of likely N-dealkylation sites (tertiary alicyclic amines) is 1. The molecular formula is C17H28N2O.